The maximum Gasteiger partial charge on any atom is 0.408 e. The number of nitrogens with zero attached hydrogens (tertiary/aromatic N) is 1. The summed E-state index contributed by atoms with van der Waals surface area (Å²) < 4.78 is 5.02. The first-order valence-corrected chi connectivity index (χ1v) is 7.71. The number of pyridine rings is 1. The molecule has 1 aromatic heterocycles. The van der Waals surface area contributed by atoms with E-state index in [1.165, 1.54) is 0 Å². The van der Waals surface area contributed by atoms with Crippen molar-refractivity contribution in [2.24, 2.45) is 0 Å². The van der Waals surface area contributed by atoms with Crippen LogP contribution < -0.4 is 16.0 Å². The van der Waals surface area contributed by atoms with E-state index in [9.17, 15) is 14.4 Å². The Morgan fingerprint density at radius 2 is 1.79 bits per heavy atom. The van der Waals surface area contributed by atoms with E-state index in [0.29, 0.717) is 25.2 Å². The predicted octanol–water partition coefficient (Wildman–Crippen LogP) is 0.842. The number of amides is 3. The molecule has 1 rings (SSSR count). The number of carbonyl (C=O) groups is 3. The lowest BCUT2D eigenvalue weighted by Crippen LogP contribution is -2.40. The molecule has 0 aliphatic carbocycles. The van der Waals surface area contributed by atoms with E-state index in [0.717, 1.165) is 0 Å². The van der Waals surface area contributed by atoms with Gasteiger partial charge in [0.15, 0.2) is 0 Å². The van der Waals surface area contributed by atoms with E-state index >= 15 is 0 Å². The normalized spacial score (nSPS) is 10.6. The van der Waals surface area contributed by atoms with Gasteiger partial charge >= 0.3 is 6.09 Å². The molecule has 24 heavy (non-hydrogen) atoms. The highest BCUT2D eigenvalue weighted by Crippen LogP contribution is 2.05. The summed E-state index contributed by atoms with van der Waals surface area (Å²) in [5, 5.41) is 7.71. The summed E-state index contributed by atoms with van der Waals surface area (Å²) in [6, 6.07) is 5.09. The minimum atomic E-state index is -0.639. The van der Waals surface area contributed by atoms with Crippen LogP contribution in [-0.2, 0) is 9.53 Å². The van der Waals surface area contributed by atoms with Crippen molar-refractivity contribution in [1.82, 2.24) is 20.9 Å². The highest BCUT2D eigenvalue weighted by molar-refractivity contribution is 5.92. The molecule has 0 radical (unpaired) electrons. The molecule has 1 aromatic rings. The van der Waals surface area contributed by atoms with Crippen LogP contribution in [0.15, 0.2) is 24.4 Å². The molecule has 0 spiro atoms. The van der Waals surface area contributed by atoms with Gasteiger partial charge in [0.2, 0.25) is 5.91 Å². The van der Waals surface area contributed by atoms with Gasteiger partial charge in [0.1, 0.15) is 11.3 Å². The van der Waals surface area contributed by atoms with Gasteiger partial charge in [-0.25, -0.2) is 4.79 Å². The number of carbonyl (C=O) groups excluding carboxylic acids is 3. The summed E-state index contributed by atoms with van der Waals surface area (Å²) in [5.74, 6) is -0.578. The van der Waals surface area contributed by atoms with Crippen LogP contribution in [0.4, 0.5) is 4.79 Å². The quantitative estimate of drug-likeness (QED) is 0.639. The van der Waals surface area contributed by atoms with Crippen molar-refractivity contribution in [3.8, 4) is 0 Å². The van der Waals surface area contributed by atoms with Gasteiger partial charge in [0.05, 0.1) is 6.54 Å². The molecule has 8 heteroatoms. The zero-order valence-corrected chi connectivity index (χ0v) is 14.2. The summed E-state index contributed by atoms with van der Waals surface area (Å²) in [4.78, 5) is 38.6. The Kier molecular flexibility index (Phi) is 7.67. The Hall–Kier alpha value is -2.64. The maximum absolute atomic E-state index is 11.7. The lowest BCUT2D eigenvalue weighted by Gasteiger charge is -2.19. The van der Waals surface area contributed by atoms with Crippen molar-refractivity contribution in [2.75, 3.05) is 19.6 Å². The number of rotatable bonds is 7. The molecule has 0 atom stereocenters. The first-order valence-electron chi connectivity index (χ1n) is 7.71. The van der Waals surface area contributed by atoms with Crippen LogP contribution in [0.2, 0.25) is 0 Å². The molecule has 3 N–H and O–H groups in total. The van der Waals surface area contributed by atoms with Crippen LogP contribution in [-0.4, -0.2) is 48.1 Å². The number of hydrogen-bond acceptors (Lipinski definition) is 5. The van der Waals surface area contributed by atoms with E-state index in [2.05, 4.69) is 20.9 Å². The van der Waals surface area contributed by atoms with Crippen LogP contribution in [0.3, 0.4) is 0 Å². The Bertz CT molecular complexity index is 555. The van der Waals surface area contributed by atoms with Crippen LogP contribution in [0.25, 0.3) is 0 Å². The molecule has 132 valence electrons. The average molecular weight is 336 g/mol. The van der Waals surface area contributed by atoms with Crippen molar-refractivity contribution in [1.29, 1.82) is 0 Å². The van der Waals surface area contributed by atoms with Gasteiger partial charge in [-0.1, -0.05) is 6.07 Å². The fraction of sp³-hybridized carbons (Fsp3) is 0.500. The fourth-order valence-electron chi connectivity index (χ4n) is 1.63. The van der Waals surface area contributed by atoms with Crippen LogP contribution in [0, 0.1) is 0 Å². The Labute approximate surface area is 141 Å². The van der Waals surface area contributed by atoms with Crippen molar-refractivity contribution >= 4 is 17.9 Å². The van der Waals surface area contributed by atoms with Gasteiger partial charge in [-0.2, -0.15) is 0 Å². The van der Waals surface area contributed by atoms with Gasteiger partial charge < -0.3 is 20.7 Å². The first kappa shape index (κ1) is 19.4. The number of alkyl carbamates (subject to hydrolysis) is 1. The van der Waals surface area contributed by atoms with Crippen LogP contribution in [0.1, 0.15) is 37.7 Å². The van der Waals surface area contributed by atoms with E-state index in [-0.39, 0.29) is 18.4 Å². The summed E-state index contributed by atoms with van der Waals surface area (Å²) in [6.45, 7) is 5.87. The highest BCUT2D eigenvalue weighted by Gasteiger charge is 2.16. The second-order valence-electron chi connectivity index (χ2n) is 6.03. The molecule has 0 aliphatic heterocycles. The molecule has 0 saturated heterocycles. The van der Waals surface area contributed by atoms with E-state index in [1.807, 2.05) is 0 Å². The lowest BCUT2D eigenvalue weighted by atomic mass is 10.2. The Balaban J connectivity index is 2.09. The standard InChI is InChI=1S/C16H24N4O4/c1-16(2,3)24-15(23)20-11-13(21)18-9-6-10-19-14(22)12-7-4-5-8-17-12/h4-5,7-8H,6,9-11H2,1-3H3,(H,18,21)(H,19,22)(H,20,23). The average Bonchev–Trinajstić information content (AvgIpc) is 2.51. The molecule has 0 fully saturated rings. The van der Waals surface area contributed by atoms with Gasteiger partial charge in [-0.05, 0) is 39.3 Å². The van der Waals surface area contributed by atoms with Crippen molar-refractivity contribution in [2.45, 2.75) is 32.8 Å². The number of hydrogen-bond donors (Lipinski definition) is 3. The minimum Gasteiger partial charge on any atom is -0.444 e. The monoisotopic (exact) mass is 336 g/mol. The maximum atomic E-state index is 11.7. The second-order valence-corrected chi connectivity index (χ2v) is 6.03. The SMILES string of the molecule is CC(C)(C)OC(=O)NCC(=O)NCCCNC(=O)c1ccccn1. The Morgan fingerprint density at radius 3 is 2.42 bits per heavy atom. The van der Waals surface area contributed by atoms with Crippen LogP contribution in [0.5, 0.6) is 0 Å². The molecule has 1 heterocycles. The molecule has 0 aliphatic rings. The van der Waals surface area contributed by atoms with Crippen molar-refractivity contribution in [3.05, 3.63) is 30.1 Å². The zero-order chi connectivity index (χ0) is 18.0. The predicted molar refractivity (Wildman–Crippen MR) is 88.4 cm³/mol. The summed E-state index contributed by atoms with van der Waals surface area (Å²) in [6.07, 6.45) is 1.48. The fourth-order valence-corrected chi connectivity index (χ4v) is 1.63. The molecule has 0 bridgehead atoms. The third-order valence-electron chi connectivity index (χ3n) is 2.65. The number of nitrogens with one attached hydrogen (secondary N) is 3. The number of ether oxygens (including phenoxy) is 1. The molecular formula is C16H24N4O4. The van der Waals surface area contributed by atoms with E-state index < -0.39 is 11.7 Å². The lowest BCUT2D eigenvalue weighted by molar-refractivity contribution is -0.120. The third kappa shape index (κ3) is 8.72. The molecule has 0 aromatic carbocycles. The van der Waals surface area contributed by atoms with Crippen molar-refractivity contribution in [3.63, 3.8) is 0 Å². The highest BCUT2D eigenvalue weighted by atomic mass is 16.6. The second kappa shape index (κ2) is 9.49. The van der Waals surface area contributed by atoms with Gasteiger partial charge in [-0.15, -0.1) is 0 Å². The van der Waals surface area contributed by atoms with E-state index in [4.69, 9.17) is 4.74 Å². The topological polar surface area (TPSA) is 109 Å². The summed E-state index contributed by atoms with van der Waals surface area (Å²) in [5.41, 5.74) is -0.255. The zero-order valence-electron chi connectivity index (χ0n) is 14.2. The van der Waals surface area contributed by atoms with Gasteiger partial charge in [0.25, 0.3) is 5.91 Å². The largest absolute Gasteiger partial charge is 0.444 e. The Morgan fingerprint density at radius 1 is 1.08 bits per heavy atom. The number of aromatic nitrogens is 1. The summed E-state index contributed by atoms with van der Waals surface area (Å²) >= 11 is 0. The molecule has 8 nitrogen and oxygen atoms in total. The first-order chi connectivity index (χ1) is 11.3. The molecule has 0 unspecified atom stereocenters. The third-order valence-corrected chi connectivity index (χ3v) is 2.65. The molecular weight excluding hydrogens is 312 g/mol. The van der Waals surface area contributed by atoms with Crippen molar-refractivity contribution < 1.29 is 19.1 Å². The molecule has 0 saturated carbocycles. The minimum absolute atomic E-state index is 0.158. The summed E-state index contributed by atoms with van der Waals surface area (Å²) in [7, 11) is 0. The van der Waals surface area contributed by atoms with E-state index in [1.54, 1.807) is 45.2 Å². The van der Waals surface area contributed by atoms with Gasteiger partial charge in [0, 0.05) is 19.3 Å². The smallest absolute Gasteiger partial charge is 0.408 e. The van der Waals surface area contributed by atoms with Gasteiger partial charge in [-0.3, -0.25) is 14.6 Å². The molecule has 3 amide bonds. The van der Waals surface area contributed by atoms with Crippen LogP contribution >= 0.6 is 0 Å².